The van der Waals surface area contributed by atoms with Crippen molar-refractivity contribution in [1.82, 2.24) is 10.3 Å². The van der Waals surface area contributed by atoms with Gasteiger partial charge in [-0.25, -0.2) is 9.78 Å². The first-order valence-corrected chi connectivity index (χ1v) is 8.78. The van der Waals surface area contributed by atoms with Crippen molar-refractivity contribution >= 4 is 17.7 Å². The van der Waals surface area contributed by atoms with Crippen molar-refractivity contribution in [3.8, 4) is 0 Å². The van der Waals surface area contributed by atoms with Gasteiger partial charge in [0.2, 0.25) is 0 Å². The van der Waals surface area contributed by atoms with E-state index in [-0.39, 0.29) is 12.0 Å². The van der Waals surface area contributed by atoms with Crippen molar-refractivity contribution in [2.45, 2.75) is 71.3 Å². The minimum atomic E-state index is -0.484. The number of halogens is 1. The third kappa shape index (κ3) is 8.80. The number of alkyl carbamates (subject to hydrolysis) is 1. The van der Waals surface area contributed by atoms with Crippen LogP contribution in [0.2, 0.25) is 5.15 Å². The quantitative estimate of drug-likeness (QED) is 0.515. The number of amides is 1. The Labute approximate surface area is 145 Å². The van der Waals surface area contributed by atoms with E-state index >= 15 is 0 Å². The standard InChI is InChI=1S/C18H29ClN2O2/c1-5-6-7-8-9-14(15-10-11-16(19)20-12-15)13-21-17(22)23-18(2,3)4/h10-12,14H,5-9,13H2,1-4H3,(H,21,22). The number of rotatable bonds is 8. The van der Waals surface area contributed by atoms with E-state index in [0.29, 0.717) is 11.7 Å². The number of nitrogens with zero attached hydrogens (tertiary/aromatic N) is 1. The van der Waals surface area contributed by atoms with Crippen LogP contribution in [0.5, 0.6) is 0 Å². The van der Waals surface area contributed by atoms with E-state index in [1.54, 1.807) is 12.3 Å². The summed E-state index contributed by atoms with van der Waals surface area (Å²) in [5, 5.41) is 3.36. The number of carbonyl (C=O) groups excluding carboxylic acids is 1. The van der Waals surface area contributed by atoms with E-state index in [9.17, 15) is 4.79 Å². The Morgan fingerprint density at radius 1 is 1.30 bits per heavy atom. The SMILES string of the molecule is CCCCCCC(CNC(=O)OC(C)(C)C)c1ccc(Cl)nc1. The van der Waals surface area contributed by atoms with Crippen LogP contribution in [-0.2, 0) is 4.74 Å². The van der Waals surface area contributed by atoms with Gasteiger partial charge in [-0.3, -0.25) is 0 Å². The lowest BCUT2D eigenvalue weighted by atomic mass is 9.94. The van der Waals surface area contributed by atoms with Crippen molar-refractivity contribution in [1.29, 1.82) is 0 Å². The molecule has 4 nitrogen and oxygen atoms in total. The fourth-order valence-corrected chi connectivity index (χ4v) is 2.47. The normalized spacial score (nSPS) is 12.7. The van der Waals surface area contributed by atoms with Gasteiger partial charge in [0.05, 0.1) is 0 Å². The van der Waals surface area contributed by atoms with Crippen molar-refractivity contribution < 1.29 is 9.53 Å². The minimum Gasteiger partial charge on any atom is -0.444 e. The van der Waals surface area contributed by atoms with Gasteiger partial charge in [-0.1, -0.05) is 50.3 Å². The van der Waals surface area contributed by atoms with Crippen LogP contribution in [0.3, 0.4) is 0 Å². The van der Waals surface area contributed by atoms with Crippen LogP contribution < -0.4 is 5.32 Å². The molecule has 0 spiro atoms. The zero-order chi connectivity index (χ0) is 17.3. The molecule has 130 valence electrons. The maximum atomic E-state index is 11.9. The summed E-state index contributed by atoms with van der Waals surface area (Å²) in [5.41, 5.74) is 0.615. The molecule has 1 rings (SSSR count). The van der Waals surface area contributed by atoms with E-state index in [0.717, 1.165) is 18.4 Å². The van der Waals surface area contributed by atoms with Crippen LogP contribution in [0.25, 0.3) is 0 Å². The highest BCUT2D eigenvalue weighted by Crippen LogP contribution is 2.23. The van der Waals surface area contributed by atoms with Gasteiger partial charge in [0.1, 0.15) is 10.8 Å². The largest absolute Gasteiger partial charge is 0.444 e. The first-order valence-electron chi connectivity index (χ1n) is 8.40. The van der Waals surface area contributed by atoms with Gasteiger partial charge in [-0.05, 0) is 38.8 Å². The van der Waals surface area contributed by atoms with Crippen LogP contribution in [0.15, 0.2) is 18.3 Å². The highest BCUT2D eigenvalue weighted by atomic mass is 35.5. The van der Waals surface area contributed by atoms with Crippen LogP contribution in [0.4, 0.5) is 4.79 Å². The van der Waals surface area contributed by atoms with Crippen LogP contribution in [0.1, 0.15) is 71.3 Å². The second-order valence-electron chi connectivity index (χ2n) is 6.84. The van der Waals surface area contributed by atoms with Gasteiger partial charge in [0.25, 0.3) is 0 Å². The smallest absolute Gasteiger partial charge is 0.407 e. The number of hydrogen-bond donors (Lipinski definition) is 1. The first-order chi connectivity index (χ1) is 10.8. The molecule has 0 radical (unpaired) electrons. The molecule has 0 aromatic carbocycles. The zero-order valence-electron chi connectivity index (χ0n) is 14.7. The van der Waals surface area contributed by atoms with E-state index in [2.05, 4.69) is 17.2 Å². The molecule has 1 amide bonds. The molecule has 1 N–H and O–H groups in total. The number of pyridine rings is 1. The van der Waals surface area contributed by atoms with Gasteiger partial charge >= 0.3 is 6.09 Å². The summed E-state index contributed by atoms with van der Waals surface area (Å²) in [6.45, 7) is 8.32. The highest BCUT2D eigenvalue weighted by molar-refractivity contribution is 6.29. The van der Waals surface area contributed by atoms with Crippen molar-refractivity contribution in [2.24, 2.45) is 0 Å². The average Bonchev–Trinajstić information content (AvgIpc) is 2.46. The van der Waals surface area contributed by atoms with Gasteiger partial charge in [-0.2, -0.15) is 0 Å². The summed E-state index contributed by atoms with van der Waals surface area (Å²) < 4.78 is 5.30. The maximum absolute atomic E-state index is 11.9. The fourth-order valence-electron chi connectivity index (χ4n) is 2.35. The average molecular weight is 341 g/mol. The van der Waals surface area contributed by atoms with Gasteiger partial charge in [0, 0.05) is 18.7 Å². The van der Waals surface area contributed by atoms with E-state index in [1.807, 2.05) is 26.8 Å². The topological polar surface area (TPSA) is 51.2 Å². The second kappa shape index (κ2) is 9.76. The molecule has 0 aliphatic carbocycles. The van der Waals surface area contributed by atoms with Crippen molar-refractivity contribution in [2.75, 3.05) is 6.54 Å². The van der Waals surface area contributed by atoms with E-state index < -0.39 is 5.60 Å². The van der Waals surface area contributed by atoms with E-state index in [1.165, 1.54) is 19.3 Å². The number of nitrogens with one attached hydrogen (secondary N) is 1. The molecule has 0 saturated carbocycles. The molecule has 23 heavy (non-hydrogen) atoms. The summed E-state index contributed by atoms with van der Waals surface area (Å²) in [6.07, 6.45) is 7.23. The summed E-state index contributed by atoms with van der Waals surface area (Å²) in [6, 6.07) is 3.78. The molecule has 0 bridgehead atoms. The Hall–Kier alpha value is -1.29. The molecule has 1 heterocycles. The molecule has 5 heteroatoms. The molecule has 0 fully saturated rings. The monoisotopic (exact) mass is 340 g/mol. The zero-order valence-corrected chi connectivity index (χ0v) is 15.4. The predicted molar refractivity (Wildman–Crippen MR) is 95.0 cm³/mol. The Balaban J connectivity index is 2.60. The molecule has 0 aliphatic rings. The molecule has 1 atom stereocenters. The molecule has 0 saturated heterocycles. The summed E-state index contributed by atoms with van der Waals surface area (Å²) in [5.74, 6) is 0.226. The Bertz CT molecular complexity index is 469. The summed E-state index contributed by atoms with van der Waals surface area (Å²) in [4.78, 5) is 16.0. The second-order valence-corrected chi connectivity index (χ2v) is 7.23. The summed E-state index contributed by atoms with van der Waals surface area (Å²) in [7, 11) is 0. The molecule has 1 aromatic heterocycles. The third-order valence-corrected chi connectivity index (χ3v) is 3.74. The Morgan fingerprint density at radius 3 is 2.61 bits per heavy atom. The molecule has 0 aliphatic heterocycles. The number of ether oxygens (including phenoxy) is 1. The van der Waals surface area contributed by atoms with Gasteiger partial charge in [-0.15, -0.1) is 0 Å². The van der Waals surface area contributed by atoms with Crippen molar-refractivity contribution in [3.63, 3.8) is 0 Å². The third-order valence-electron chi connectivity index (χ3n) is 3.52. The molecule has 1 aromatic rings. The van der Waals surface area contributed by atoms with E-state index in [4.69, 9.17) is 16.3 Å². The summed E-state index contributed by atoms with van der Waals surface area (Å²) >= 11 is 5.86. The van der Waals surface area contributed by atoms with Crippen molar-refractivity contribution in [3.05, 3.63) is 29.0 Å². The predicted octanol–water partition coefficient (Wildman–Crippen LogP) is 5.31. The number of carbonyl (C=O) groups is 1. The molecule has 1 unspecified atom stereocenters. The highest BCUT2D eigenvalue weighted by Gasteiger charge is 2.18. The lowest BCUT2D eigenvalue weighted by Gasteiger charge is -2.22. The van der Waals surface area contributed by atoms with Gasteiger partial charge < -0.3 is 10.1 Å². The molecular weight excluding hydrogens is 312 g/mol. The van der Waals surface area contributed by atoms with Crippen LogP contribution in [0, 0.1) is 0 Å². The maximum Gasteiger partial charge on any atom is 0.407 e. The lowest BCUT2D eigenvalue weighted by Crippen LogP contribution is -2.34. The molecular formula is C18H29ClN2O2. The minimum absolute atomic E-state index is 0.226. The van der Waals surface area contributed by atoms with Gasteiger partial charge in [0.15, 0.2) is 0 Å². The number of hydrogen-bond acceptors (Lipinski definition) is 3. The first kappa shape index (κ1) is 19.8. The Kier molecular flexibility index (Phi) is 8.38. The fraction of sp³-hybridized carbons (Fsp3) is 0.667. The number of aromatic nitrogens is 1. The number of unbranched alkanes of at least 4 members (excludes halogenated alkanes) is 3. The van der Waals surface area contributed by atoms with Crippen LogP contribution >= 0.6 is 11.6 Å². The Morgan fingerprint density at radius 2 is 2.04 bits per heavy atom. The lowest BCUT2D eigenvalue weighted by molar-refractivity contribution is 0.0524. The van der Waals surface area contributed by atoms with Crippen LogP contribution in [-0.4, -0.2) is 23.2 Å².